The molecule has 21 N–H and O–H groups in total. The number of ether oxygens (including phenoxy) is 4. The van der Waals surface area contributed by atoms with Gasteiger partial charge in [0.2, 0.25) is 5.91 Å². The molecule has 29 nitrogen and oxygen atoms in total. The molecule has 0 saturated heterocycles. The number of nitrogens with one attached hydrogen (secondary N) is 5. The number of carbonyl (C=O) groups excluding carboxylic acids is 9. The zero-order valence-corrected chi connectivity index (χ0v) is 55.6. The molecule has 0 aliphatic rings. The van der Waals surface area contributed by atoms with Crippen LogP contribution in [0.1, 0.15) is 148 Å². The number of guanidine groups is 3. The van der Waals surface area contributed by atoms with Crippen LogP contribution in [0.15, 0.2) is 87.8 Å². The van der Waals surface area contributed by atoms with E-state index in [2.05, 4.69) is 41.6 Å². The van der Waals surface area contributed by atoms with Gasteiger partial charge >= 0.3 is 0 Å². The van der Waals surface area contributed by atoms with E-state index in [-0.39, 0.29) is 165 Å². The van der Waals surface area contributed by atoms with Crippen molar-refractivity contribution in [3.05, 3.63) is 117 Å². The Morgan fingerprint density at radius 1 is 0.396 bits per heavy atom. The Kier molecular flexibility index (Phi) is 33.9. The number of rotatable bonds is 45. The number of nitrogens with zero attached hydrogens (tertiary/aromatic N) is 3. The van der Waals surface area contributed by atoms with Crippen LogP contribution in [0.3, 0.4) is 0 Å². The van der Waals surface area contributed by atoms with Crippen molar-refractivity contribution in [3.63, 3.8) is 0 Å². The summed E-state index contributed by atoms with van der Waals surface area (Å²) in [6, 6.07) is 14.2. The average Bonchev–Trinajstić information content (AvgIpc) is 0.854. The number of methoxy groups -OCH3 is 4. The second kappa shape index (κ2) is 41.5. The van der Waals surface area contributed by atoms with Crippen molar-refractivity contribution < 1.29 is 62.1 Å². The van der Waals surface area contributed by atoms with E-state index < -0.39 is 59.2 Å². The summed E-state index contributed by atoms with van der Waals surface area (Å²) in [5.74, 6) is -4.29. The fourth-order valence-corrected chi connectivity index (χ4v) is 10.2. The minimum Gasteiger partial charge on any atom is -0.496 e. The average molecular weight is 1330 g/mol. The van der Waals surface area contributed by atoms with Gasteiger partial charge < -0.3 is 91.4 Å². The quantitative estimate of drug-likeness (QED) is 0.0168. The van der Waals surface area contributed by atoms with Crippen LogP contribution in [0.25, 0.3) is 0 Å². The molecule has 4 atom stereocenters. The number of unbranched alkanes of at least 4 members (excludes halogenated alkanes) is 3. The van der Waals surface area contributed by atoms with Gasteiger partial charge in [-0.15, -0.1) is 0 Å². The highest BCUT2D eigenvalue weighted by molar-refractivity contribution is 6.04. The third kappa shape index (κ3) is 26.7. The lowest BCUT2D eigenvalue weighted by atomic mass is 9.96. The van der Waals surface area contributed by atoms with Crippen LogP contribution in [-0.2, 0) is 49.7 Å². The van der Waals surface area contributed by atoms with Crippen LogP contribution in [0, 0.1) is 0 Å². The molecule has 0 spiro atoms. The maximum absolute atomic E-state index is 14.5. The zero-order chi connectivity index (χ0) is 70.7. The highest BCUT2D eigenvalue weighted by atomic mass is 16.5. The van der Waals surface area contributed by atoms with Crippen molar-refractivity contribution in [3.8, 4) is 23.0 Å². The van der Waals surface area contributed by atoms with Gasteiger partial charge in [0.25, 0.3) is 23.6 Å². The third-order valence-electron chi connectivity index (χ3n) is 15.4. The molecule has 5 amide bonds. The van der Waals surface area contributed by atoms with E-state index in [1.54, 1.807) is 43.3 Å². The fraction of sp³-hybridized carbons (Fsp3) is 0.463. The Hall–Kier alpha value is -10.2. The van der Waals surface area contributed by atoms with Gasteiger partial charge in [0.05, 0.1) is 74.9 Å². The standard InChI is InChI=1S/C67H96N16O13/c1-40(80-60(88)17-7-9-27-69)52(84)36-41-18-23-57(94-3)46(33-41)62(90)81-50(15-12-30-78-66(72)73)54(86)38-43-20-25-59(96-5)48(35-43)64(92)83-51(16-13-31-79-67(74)75)55(87)39-44-21-24-58(95-4)47(34-44)63(91)82-49(14-11-29-77-65(70)71)53(85)37-42-19-22-56(93-2)45(32-42)61(89)76-28-10-6-8-26-68/h18-25,32-35,40,49-51H,6-17,26-31,36-39,68-69H2,1-5H3,(H,76,89)(H,80,88)(H,81,90)(H,82,91)(H,83,92)(H4,70,71,77)(H4,72,73,78)(H4,74,75,79)/t40-,49-,50-,51-/m1/s1. The van der Waals surface area contributed by atoms with E-state index in [0.717, 1.165) is 19.3 Å². The maximum Gasteiger partial charge on any atom is 0.255 e. The molecule has 4 rings (SSSR count). The summed E-state index contributed by atoms with van der Waals surface area (Å²) in [7, 11) is 5.50. The Balaban J connectivity index is 1.60. The van der Waals surface area contributed by atoms with Crippen molar-refractivity contribution in [1.29, 1.82) is 0 Å². The van der Waals surface area contributed by atoms with E-state index in [0.29, 0.717) is 60.5 Å². The van der Waals surface area contributed by atoms with E-state index in [4.69, 9.17) is 64.8 Å². The molecule has 0 heterocycles. The summed E-state index contributed by atoms with van der Waals surface area (Å²) >= 11 is 0. The van der Waals surface area contributed by atoms with Crippen molar-refractivity contribution in [2.75, 3.05) is 67.7 Å². The van der Waals surface area contributed by atoms with Crippen LogP contribution in [0.4, 0.5) is 0 Å². The lowest BCUT2D eigenvalue weighted by Gasteiger charge is -2.21. The fourth-order valence-electron chi connectivity index (χ4n) is 10.2. The molecule has 0 aromatic heterocycles. The Labute approximate surface area is 559 Å². The molecular weight excluding hydrogens is 1240 g/mol. The summed E-state index contributed by atoms with van der Waals surface area (Å²) < 4.78 is 22.2. The van der Waals surface area contributed by atoms with Gasteiger partial charge in [0.15, 0.2) is 41.0 Å². The Morgan fingerprint density at radius 2 is 0.708 bits per heavy atom. The summed E-state index contributed by atoms with van der Waals surface area (Å²) in [5.41, 5.74) is 46.5. The predicted molar refractivity (Wildman–Crippen MR) is 366 cm³/mol. The summed E-state index contributed by atoms with van der Waals surface area (Å²) in [4.78, 5) is 137. The van der Waals surface area contributed by atoms with E-state index in [9.17, 15) is 43.2 Å². The van der Waals surface area contributed by atoms with Gasteiger partial charge in [-0.25, -0.2) is 0 Å². The maximum atomic E-state index is 14.5. The highest BCUT2D eigenvalue weighted by Crippen LogP contribution is 2.27. The number of Topliss-reactive ketones (excluding diaryl/α,β-unsaturated/α-hetero) is 4. The summed E-state index contributed by atoms with van der Waals surface area (Å²) in [5, 5.41) is 14.1. The molecule has 0 fully saturated rings. The first kappa shape index (κ1) is 78.3. The molecular formula is C67H96N16O13. The SMILES string of the molecule is COc1ccc(CC(=O)[C@@H](CCCN=C(N)N)NC(=O)c2cc(CC(=O)[C@@H](CCCN=C(N)N)NC(=O)c3cc(CC(=O)[C@@H](CCCN=C(N)N)NC(=O)c4cc(CC(=O)[C@@H](C)NC(=O)CCCCN)ccc4OC)ccc3OC)ccc2OC)cc1C(=O)NCCCCCN. The molecule has 0 aliphatic heterocycles. The number of hydrogen-bond donors (Lipinski definition) is 13. The van der Waals surface area contributed by atoms with E-state index in [1.807, 2.05) is 0 Å². The number of aliphatic imine (C=N–C) groups is 3. The molecule has 0 unspecified atom stereocenters. The second-order valence-electron chi connectivity index (χ2n) is 22.8. The normalized spacial score (nSPS) is 12.0. The van der Waals surface area contributed by atoms with Crippen LogP contribution >= 0.6 is 0 Å². The van der Waals surface area contributed by atoms with Crippen molar-refractivity contribution in [1.82, 2.24) is 26.6 Å². The molecule has 0 radical (unpaired) electrons. The van der Waals surface area contributed by atoms with Gasteiger partial charge in [-0.1, -0.05) is 30.7 Å². The largest absolute Gasteiger partial charge is 0.496 e. The molecule has 29 heteroatoms. The topological polar surface area (TPSA) is 496 Å². The van der Waals surface area contributed by atoms with Gasteiger partial charge in [-0.2, -0.15) is 0 Å². The third-order valence-corrected chi connectivity index (χ3v) is 15.4. The van der Waals surface area contributed by atoms with Gasteiger partial charge in [0, 0.05) is 58.3 Å². The van der Waals surface area contributed by atoms with E-state index >= 15 is 0 Å². The van der Waals surface area contributed by atoms with Crippen LogP contribution in [-0.4, -0.2) is 162 Å². The zero-order valence-electron chi connectivity index (χ0n) is 55.6. The summed E-state index contributed by atoms with van der Waals surface area (Å²) in [6.07, 6.45) is 3.93. The molecule has 0 bridgehead atoms. The predicted octanol–water partition coefficient (Wildman–Crippen LogP) is 1.22. The first-order valence-corrected chi connectivity index (χ1v) is 31.8. The molecule has 4 aromatic carbocycles. The van der Waals surface area contributed by atoms with Crippen molar-refractivity contribution in [2.45, 2.75) is 134 Å². The molecule has 4 aromatic rings. The van der Waals surface area contributed by atoms with Crippen molar-refractivity contribution in [2.24, 2.45) is 60.8 Å². The molecule has 0 aliphatic carbocycles. The number of ketones is 4. The second-order valence-corrected chi connectivity index (χ2v) is 22.8. The van der Waals surface area contributed by atoms with Gasteiger partial charge in [-0.3, -0.25) is 58.1 Å². The minimum absolute atomic E-state index is 0.0128. The van der Waals surface area contributed by atoms with Gasteiger partial charge in [-0.05, 0) is 155 Å². The van der Waals surface area contributed by atoms with Crippen molar-refractivity contribution >= 4 is 70.5 Å². The number of benzene rings is 4. The Morgan fingerprint density at radius 3 is 1.02 bits per heavy atom. The Bertz CT molecular complexity index is 3400. The lowest BCUT2D eigenvalue weighted by molar-refractivity contribution is -0.127. The van der Waals surface area contributed by atoms with Crippen LogP contribution in [0.2, 0.25) is 0 Å². The summed E-state index contributed by atoms with van der Waals surface area (Å²) in [6.45, 7) is 3.36. The smallest absolute Gasteiger partial charge is 0.255 e. The van der Waals surface area contributed by atoms with E-state index in [1.165, 1.54) is 64.8 Å². The lowest BCUT2D eigenvalue weighted by Crippen LogP contribution is -2.42. The molecule has 0 saturated carbocycles. The monoisotopic (exact) mass is 1330 g/mol. The van der Waals surface area contributed by atoms with Crippen LogP contribution in [0.5, 0.6) is 23.0 Å². The number of hydrogen-bond acceptors (Lipinski definition) is 18. The first-order chi connectivity index (χ1) is 45.9. The first-order valence-electron chi connectivity index (χ1n) is 31.8. The van der Waals surface area contributed by atoms with Gasteiger partial charge in [0.1, 0.15) is 23.0 Å². The van der Waals surface area contributed by atoms with Crippen LogP contribution < -0.4 is 91.4 Å². The minimum atomic E-state index is -1.18. The number of amides is 5. The number of nitrogens with two attached hydrogens (primary N) is 8. The molecule has 522 valence electrons. The highest BCUT2D eigenvalue weighted by Gasteiger charge is 2.29. The number of carbonyl (C=O) groups is 9. The molecule has 96 heavy (non-hydrogen) atoms.